The van der Waals surface area contributed by atoms with E-state index in [9.17, 15) is 5.11 Å². The molecule has 0 heterocycles. The molecule has 0 atom stereocenters. The zero-order valence-corrected chi connectivity index (χ0v) is 9.43. The summed E-state index contributed by atoms with van der Waals surface area (Å²) in [5, 5.41) is 16.9. The van der Waals surface area contributed by atoms with Crippen LogP contribution in [-0.4, -0.2) is 10.8 Å². The van der Waals surface area contributed by atoms with E-state index in [1.165, 1.54) is 0 Å². The lowest BCUT2D eigenvalue weighted by molar-refractivity contribution is 0.386. The van der Waals surface area contributed by atoms with Gasteiger partial charge >= 0.3 is 0 Å². The molecule has 0 aliphatic carbocycles. The van der Waals surface area contributed by atoms with E-state index in [2.05, 4.69) is 13.0 Å². The minimum Gasteiger partial charge on any atom is -0.513 e. The van der Waals surface area contributed by atoms with Gasteiger partial charge in [-0.2, -0.15) is 0 Å². The van der Waals surface area contributed by atoms with Crippen LogP contribution >= 0.6 is 0 Å². The average Bonchev–Trinajstić information content (AvgIpc) is 2.12. The maximum absolute atomic E-state index is 9.41. The molecule has 0 saturated heterocycles. The minimum absolute atomic E-state index is 0.441. The summed E-state index contributed by atoms with van der Waals surface area (Å²) < 4.78 is 0. The highest BCUT2D eigenvalue weighted by atomic mass is 16.3. The molecule has 2 heteroatoms. The summed E-state index contributed by atoms with van der Waals surface area (Å²) in [4.78, 5) is 0. The molecule has 0 saturated carbocycles. The number of hydrogen-bond acceptors (Lipinski definition) is 2. The van der Waals surface area contributed by atoms with Gasteiger partial charge in [-0.1, -0.05) is 19.9 Å². The normalized spacial score (nSPS) is 13.1. The number of aliphatic hydroxyl groups is 1. The Balaban J connectivity index is 4.14. The maximum Gasteiger partial charge on any atom is 0.0886 e. The molecule has 14 heavy (non-hydrogen) atoms. The van der Waals surface area contributed by atoms with Gasteiger partial charge in [0.15, 0.2) is 0 Å². The first kappa shape index (κ1) is 12.9. The molecule has 0 spiro atoms. The van der Waals surface area contributed by atoms with Gasteiger partial charge < -0.3 is 10.5 Å². The van der Waals surface area contributed by atoms with E-state index >= 15 is 0 Å². The summed E-state index contributed by atoms with van der Waals surface area (Å²) in [5.41, 5.74) is 1.65. The van der Waals surface area contributed by atoms with E-state index in [1.54, 1.807) is 6.92 Å². The van der Waals surface area contributed by atoms with Crippen LogP contribution in [0.3, 0.4) is 0 Å². The zero-order chi connectivity index (χ0) is 11.0. The highest BCUT2D eigenvalue weighted by Gasteiger charge is 2.01. The lowest BCUT2D eigenvalue weighted by Gasteiger charge is -2.05. The molecule has 0 aromatic carbocycles. The van der Waals surface area contributed by atoms with Gasteiger partial charge in [-0.25, -0.2) is 0 Å². The molecule has 0 aliphatic heterocycles. The van der Waals surface area contributed by atoms with Crippen molar-refractivity contribution in [3.8, 4) is 0 Å². The van der Waals surface area contributed by atoms with Gasteiger partial charge in [-0.15, -0.1) is 0 Å². The van der Waals surface area contributed by atoms with Crippen LogP contribution in [-0.2, 0) is 0 Å². The third-order valence-corrected chi connectivity index (χ3v) is 2.02. The molecule has 0 rings (SSSR count). The molecule has 0 bridgehead atoms. The topological polar surface area (TPSA) is 44.1 Å². The van der Waals surface area contributed by atoms with Crippen molar-refractivity contribution in [2.24, 2.45) is 0 Å². The molecule has 0 unspecified atom stereocenters. The Kier molecular flexibility index (Phi) is 6.81. The highest BCUT2D eigenvalue weighted by Crippen LogP contribution is 2.12. The molecule has 0 aromatic rings. The van der Waals surface area contributed by atoms with E-state index in [4.69, 9.17) is 5.41 Å². The van der Waals surface area contributed by atoms with Crippen LogP contribution in [0.2, 0.25) is 0 Å². The summed E-state index contributed by atoms with van der Waals surface area (Å²) in [6, 6.07) is 0. The molecule has 0 aliphatic rings. The fraction of sp³-hybridized carbons (Fsp3) is 0.583. The van der Waals surface area contributed by atoms with Gasteiger partial charge in [-0.3, -0.25) is 0 Å². The minimum atomic E-state index is 0.441. The lowest BCUT2D eigenvalue weighted by atomic mass is 10.0. The van der Waals surface area contributed by atoms with E-state index in [0.29, 0.717) is 17.9 Å². The van der Waals surface area contributed by atoms with Crippen LogP contribution in [0.25, 0.3) is 0 Å². The first-order valence-corrected chi connectivity index (χ1v) is 5.24. The highest BCUT2D eigenvalue weighted by molar-refractivity contribution is 5.95. The quantitative estimate of drug-likeness (QED) is 0.488. The number of hydrogen-bond donors (Lipinski definition) is 2. The number of allylic oxidation sites excluding steroid dienone is 4. The Morgan fingerprint density at radius 2 is 1.71 bits per heavy atom. The van der Waals surface area contributed by atoms with E-state index in [-0.39, 0.29) is 0 Å². The summed E-state index contributed by atoms with van der Waals surface area (Å²) in [5.74, 6) is 0.441. The van der Waals surface area contributed by atoms with Gasteiger partial charge in [0.25, 0.3) is 0 Å². The van der Waals surface area contributed by atoms with Crippen LogP contribution in [0.5, 0.6) is 0 Å². The third kappa shape index (κ3) is 5.57. The van der Waals surface area contributed by atoms with Gasteiger partial charge in [0.1, 0.15) is 0 Å². The van der Waals surface area contributed by atoms with Crippen molar-refractivity contribution >= 4 is 5.71 Å². The monoisotopic (exact) mass is 195 g/mol. The molecule has 2 nitrogen and oxygen atoms in total. The SMILES string of the molecule is CCC=C(O)CCC(=CCC)C(C)=N. The summed E-state index contributed by atoms with van der Waals surface area (Å²) >= 11 is 0. The predicted octanol–water partition coefficient (Wildman–Crippen LogP) is 3.99. The van der Waals surface area contributed by atoms with Crippen molar-refractivity contribution < 1.29 is 5.11 Å². The van der Waals surface area contributed by atoms with Crippen molar-refractivity contribution in [2.75, 3.05) is 0 Å². The Bertz CT molecular complexity index is 239. The zero-order valence-electron chi connectivity index (χ0n) is 9.43. The number of aliphatic hydroxyl groups excluding tert-OH is 1. The molecule has 2 N–H and O–H groups in total. The van der Waals surface area contributed by atoms with Crippen LogP contribution in [0.15, 0.2) is 23.5 Å². The molecule has 80 valence electrons. The molecule has 0 aromatic heterocycles. The van der Waals surface area contributed by atoms with Crippen molar-refractivity contribution in [1.82, 2.24) is 0 Å². The van der Waals surface area contributed by atoms with Gasteiger partial charge in [0.2, 0.25) is 0 Å². The van der Waals surface area contributed by atoms with Crippen LogP contribution in [0.1, 0.15) is 46.5 Å². The van der Waals surface area contributed by atoms with E-state index in [0.717, 1.165) is 24.8 Å². The molecule has 0 amide bonds. The number of rotatable bonds is 6. The van der Waals surface area contributed by atoms with Crippen LogP contribution < -0.4 is 0 Å². The second-order valence-corrected chi connectivity index (χ2v) is 3.37. The van der Waals surface area contributed by atoms with Crippen molar-refractivity contribution in [2.45, 2.75) is 46.5 Å². The van der Waals surface area contributed by atoms with Crippen molar-refractivity contribution in [3.63, 3.8) is 0 Å². The summed E-state index contributed by atoms with van der Waals surface area (Å²) in [6.45, 7) is 5.85. The van der Waals surface area contributed by atoms with Crippen LogP contribution in [0, 0.1) is 5.41 Å². The first-order chi connectivity index (χ1) is 6.61. The molecule has 0 fully saturated rings. The second-order valence-electron chi connectivity index (χ2n) is 3.37. The standard InChI is InChI=1S/C12H21NO/c1-4-6-11(10(3)13)8-9-12(14)7-5-2/h6-7,13-14H,4-5,8-9H2,1-3H3. The predicted molar refractivity (Wildman–Crippen MR) is 62.0 cm³/mol. The van der Waals surface area contributed by atoms with Gasteiger partial charge in [0, 0.05) is 12.1 Å². The fourth-order valence-electron chi connectivity index (χ4n) is 1.29. The number of nitrogens with one attached hydrogen (secondary N) is 1. The van der Waals surface area contributed by atoms with Crippen LogP contribution in [0.4, 0.5) is 0 Å². The smallest absolute Gasteiger partial charge is 0.0886 e. The Labute approximate surface area is 86.9 Å². The molecule has 0 radical (unpaired) electrons. The fourth-order valence-corrected chi connectivity index (χ4v) is 1.29. The van der Waals surface area contributed by atoms with Crippen molar-refractivity contribution in [1.29, 1.82) is 5.41 Å². The lowest BCUT2D eigenvalue weighted by Crippen LogP contribution is -1.96. The Morgan fingerprint density at radius 3 is 2.14 bits per heavy atom. The van der Waals surface area contributed by atoms with E-state index in [1.807, 2.05) is 13.0 Å². The Morgan fingerprint density at radius 1 is 1.14 bits per heavy atom. The maximum atomic E-state index is 9.41. The second kappa shape index (κ2) is 7.36. The summed E-state index contributed by atoms with van der Waals surface area (Å²) in [6.07, 6.45) is 7.11. The Hall–Kier alpha value is -1.05. The largest absolute Gasteiger partial charge is 0.513 e. The van der Waals surface area contributed by atoms with Gasteiger partial charge in [0.05, 0.1) is 5.76 Å². The third-order valence-electron chi connectivity index (χ3n) is 2.02. The first-order valence-electron chi connectivity index (χ1n) is 5.24. The average molecular weight is 195 g/mol. The molecular weight excluding hydrogens is 174 g/mol. The van der Waals surface area contributed by atoms with Gasteiger partial charge in [-0.05, 0) is 37.8 Å². The molecular formula is C12H21NO. The van der Waals surface area contributed by atoms with Crippen molar-refractivity contribution in [3.05, 3.63) is 23.5 Å². The van der Waals surface area contributed by atoms with E-state index < -0.39 is 0 Å². The summed E-state index contributed by atoms with van der Waals surface area (Å²) in [7, 11) is 0.